The minimum atomic E-state index is -4.73. The van der Waals surface area contributed by atoms with Crippen LogP contribution in [0.25, 0.3) is 0 Å². The van der Waals surface area contributed by atoms with Gasteiger partial charge in [-0.05, 0) is 0 Å². The van der Waals surface area contributed by atoms with Gasteiger partial charge in [0.25, 0.3) is 0 Å². The van der Waals surface area contributed by atoms with Crippen molar-refractivity contribution in [2.45, 2.75) is 30.5 Å². The van der Waals surface area contributed by atoms with Crippen molar-refractivity contribution in [3.63, 3.8) is 0 Å². The molecule has 1 heterocycles. The zero-order chi connectivity index (χ0) is 10.9. The molecule has 1 aliphatic rings. The topological polar surface area (TPSA) is 20.3 Å². The zero-order valence-electron chi connectivity index (χ0n) is 7.97. The van der Waals surface area contributed by atoms with Gasteiger partial charge >= 0.3 is 12.1 Å². The van der Waals surface area contributed by atoms with Crippen molar-refractivity contribution in [1.29, 1.82) is 0 Å². The first-order chi connectivity index (χ1) is 6.30. The van der Waals surface area contributed by atoms with Crippen molar-refractivity contribution in [1.82, 2.24) is 4.90 Å². The van der Waals surface area contributed by atoms with Crippen molar-refractivity contribution < 1.29 is 18.0 Å². The highest BCUT2D eigenvalue weighted by Gasteiger charge is 2.44. The molecule has 2 atom stereocenters. The van der Waals surface area contributed by atoms with Crippen LogP contribution in [0.4, 0.5) is 13.2 Å². The van der Waals surface area contributed by atoms with Crippen LogP contribution < -0.4 is 0 Å². The van der Waals surface area contributed by atoms with Crippen molar-refractivity contribution in [3.8, 4) is 0 Å². The molecule has 2 unspecified atom stereocenters. The van der Waals surface area contributed by atoms with Gasteiger partial charge in [0.15, 0.2) is 0 Å². The van der Waals surface area contributed by atoms with E-state index in [1.807, 2.05) is 13.8 Å². The van der Waals surface area contributed by atoms with Gasteiger partial charge in [-0.2, -0.15) is 24.9 Å². The first-order valence-electron chi connectivity index (χ1n) is 4.32. The van der Waals surface area contributed by atoms with E-state index < -0.39 is 12.1 Å². The number of hydrogen-bond donors (Lipinski definition) is 0. The highest BCUT2D eigenvalue weighted by Crippen LogP contribution is 2.28. The normalized spacial score (nSPS) is 29.1. The van der Waals surface area contributed by atoms with E-state index in [0.29, 0.717) is 0 Å². The summed E-state index contributed by atoms with van der Waals surface area (Å²) in [6, 6.07) is 0. The van der Waals surface area contributed by atoms with E-state index in [0.717, 1.165) is 4.90 Å². The van der Waals surface area contributed by atoms with Crippen LogP contribution in [0.1, 0.15) is 13.8 Å². The van der Waals surface area contributed by atoms with Crippen LogP contribution in [0.3, 0.4) is 0 Å². The van der Waals surface area contributed by atoms with Gasteiger partial charge in [-0.25, -0.2) is 0 Å². The molecule has 6 heteroatoms. The third kappa shape index (κ3) is 2.80. The lowest BCUT2D eigenvalue weighted by atomic mass is 10.3. The van der Waals surface area contributed by atoms with Gasteiger partial charge in [0.05, 0.1) is 0 Å². The van der Waals surface area contributed by atoms with E-state index in [-0.39, 0.29) is 23.6 Å². The standard InChI is InChI=1S/C8H12F3NOS/c1-5-3-12(4-6(2)14-5)7(13)8(9,10)11/h5-6H,3-4H2,1-2H3. The van der Waals surface area contributed by atoms with Gasteiger partial charge in [-0.15, -0.1) is 0 Å². The SMILES string of the molecule is CC1CN(C(=O)C(F)(F)F)CC(C)S1. The summed E-state index contributed by atoms with van der Waals surface area (Å²) in [6.07, 6.45) is -4.73. The van der Waals surface area contributed by atoms with E-state index in [2.05, 4.69) is 0 Å². The van der Waals surface area contributed by atoms with Gasteiger partial charge in [0.1, 0.15) is 0 Å². The number of halogens is 3. The monoisotopic (exact) mass is 227 g/mol. The van der Waals surface area contributed by atoms with Gasteiger partial charge in [-0.1, -0.05) is 13.8 Å². The molecule has 14 heavy (non-hydrogen) atoms. The summed E-state index contributed by atoms with van der Waals surface area (Å²) in [5.74, 6) is -1.71. The number of carbonyl (C=O) groups is 1. The van der Waals surface area contributed by atoms with Crippen molar-refractivity contribution in [2.75, 3.05) is 13.1 Å². The van der Waals surface area contributed by atoms with E-state index in [9.17, 15) is 18.0 Å². The summed E-state index contributed by atoms with van der Waals surface area (Å²) < 4.78 is 36.3. The maximum atomic E-state index is 12.1. The summed E-state index contributed by atoms with van der Waals surface area (Å²) in [5, 5.41) is 0.148. The molecular weight excluding hydrogens is 215 g/mol. The minimum Gasteiger partial charge on any atom is -0.333 e. The second-order valence-corrected chi connectivity index (χ2v) is 5.35. The Kier molecular flexibility index (Phi) is 3.34. The first-order valence-corrected chi connectivity index (χ1v) is 5.26. The van der Waals surface area contributed by atoms with Gasteiger partial charge in [-0.3, -0.25) is 4.79 Å². The van der Waals surface area contributed by atoms with Crippen LogP contribution in [-0.2, 0) is 4.79 Å². The molecule has 0 bridgehead atoms. The number of amides is 1. The molecule has 0 saturated carbocycles. The third-order valence-corrected chi connectivity index (χ3v) is 3.18. The van der Waals surface area contributed by atoms with Crippen LogP contribution in [0.15, 0.2) is 0 Å². The highest BCUT2D eigenvalue weighted by molar-refractivity contribution is 8.00. The molecule has 1 rings (SSSR count). The quantitative estimate of drug-likeness (QED) is 0.630. The average Bonchev–Trinajstić information content (AvgIpc) is 1.99. The molecule has 1 aliphatic heterocycles. The fraction of sp³-hybridized carbons (Fsp3) is 0.875. The molecule has 1 amide bonds. The highest BCUT2D eigenvalue weighted by atomic mass is 32.2. The number of nitrogens with zero attached hydrogens (tertiary/aromatic N) is 1. The van der Waals surface area contributed by atoms with E-state index >= 15 is 0 Å². The lowest BCUT2D eigenvalue weighted by molar-refractivity contribution is -0.185. The summed E-state index contributed by atoms with van der Waals surface area (Å²) in [5.41, 5.74) is 0. The first kappa shape index (κ1) is 11.7. The lowest BCUT2D eigenvalue weighted by Gasteiger charge is -2.34. The maximum Gasteiger partial charge on any atom is 0.471 e. The number of carbonyl (C=O) groups excluding carboxylic acids is 1. The number of thioether (sulfide) groups is 1. The molecule has 0 N–H and O–H groups in total. The van der Waals surface area contributed by atoms with Crippen LogP contribution in [0.2, 0.25) is 0 Å². The van der Waals surface area contributed by atoms with E-state index in [1.54, 1.807) is 11.8 Å². The summed E-state index contributed by atoms with van der Waals surface area (Å²) in [4.78, 5) is 11.8. The summed E-state index contributed by atoms with van der Waals surface area (Å²) in [7, 11) is 0. The Morgan fingerprint density at radius 1 is 1.29 bits per heavy atom. The molecular formula is C8H12F3NOS. The average molecular weight is 227 g/mol. The van der Waals surface area contributed by atoms with Crippen molar-refractivity contribution in [3.05, 3.63) is 0 Å². The predicted octanol–water partition coefficient (Wildman–Crippen LogP) is 1.90. The Hall–Kier alpha value is -0.390. The third-order valence-electron chi connectivity index (χ3n) is 1.95. The maximum absolute atomic E-state index is 12.1. The van der Waals surface area contributed by atoms with E-state index in [4.69, 9.17) is 0 Å². The molecule has 1 saturated heterocycles. The minimum absolute atomic E-state index is 0.0741. The number of rotatable bonds is 0. The summed E-state index contributed by atoms with van der Waals surface area (Å²) >= 11 is 1.61. The molecule has 82 valence electrons. The van der Waals surface area contributed by atoms with Gasteiger partial charge in [0, 0.05) is 23.6 Å². The Balaban J connectivity index is 2.64. The van der Waals surface area contributed by atoms with Crippen LogP contribution >= 0.6 is 11.8 Å². The molecule has 0 aromatic rings. The molecule has 0 aromatic heterocycles. The van der Waals surface area contributed by atoms with Gasteiger partial charge in [0.2, 0.25) is 0 Å². The zero-order valence-corrected chi connectivity index (χ0v) is 8.78. The Bertz CT molecular complexity index is 221. The Morgan fingerprint density at radius 3 is 2.07 bits per heavy atom. The molecule has 0 radical (unpaired) electrons. The van der Waals surface area contributed by atoms with Crippen LogP contribution in [-0.4, -0.2) is 40.6 Å². The number of alkyl halides is 3. The Morgan fingerprint density at radius 2 is 1.71 bits per heavy atom. The second kappa shape index (κ2) is 4.00. The molecule has 1 fully saturated rings. The fourth-order valence-electron chi connectivity index (χ4n) is 1.52. The molecule has 0 spiro atoms. The lowest BCUT2D eigenvalue weighted by Crippen LogP contribution is -2.49. The molecule has 2 nitrogen and oxygen atoms in total. The fourth-order valence-corrected chi connectivity index (χ4v) is 2.85. The van der Waals surface area contributed by atoms with Crippen molar-refractivity contribution in [2.24, 2.45) is 0 Å². The second-order valence-electron chi connectivity index (χ2n) is 3.47. The van der Waals surface area contributed by atoms with Crippen LogP contribution in [0.5, 0.6) is 0 Å². The van der Waals surface area contributed by atoms with Crippen molar-refractivity contribution >= 4 is 17.7 Å². The van der Waals surface area contributed by atoms with Crippen LogP contribution in [0, 0.1) is 0 Å². The van der Waals surface area contributed by atoms with E-state index in [1.165, 1.54) is 0 Å². The summed E-state index contributed by atoms with van der Waals surface area (Å²) in [6.45, 7) is 4.04. The Labute approximate surface area is 84.8 Å². The molecule has 0 aromatic carbocycles. The largest absolute Gasteiger partial charge is 0.471 e. The van der Waals surface area contributed by atoms with Gasteiger partial charge < -0.3 is 4.90 Å². The number of hydrogen-bond acceptors (Lipinski definition) is 2. The molecule has 0 aliphatic carbocycles. The predicted molar refractivity (Wildman–Crippen MR) is 49.2 cm³/mol. The smallest absolute Gasteiger partial charge is 0.333 e.